The number of pyridine rings is 1. The number of alkyl halides is 3. The first kappa shape index (κ1) is 20.6. The third kappa shape index (κ3) is 3.99. The fraction of sp³-hybridized carbons (Fsp3) is 0.350. The minimum absolute atomic E-state index is 0.0214. The Bertz CT molecular complexity index is 1130. The summed E-state index contributed by atoms with van der Waals surface area (Å²) in [7, 11) is 0. The van der Waals surface area contributed by atoms with E-state index in [0.717, 1.165) is 12.3 Å². The number of hydrogen-bond donors (Lipinski definition) is 1. The number of anilines is 1. The molecule has 4 rings (SSSR count). The summed E-state index contributed by atoms with van der Waals surface area (Å²) in [6, 6.07) is 7.94. The highest BCUT2D eigenvalue weighted by Gasteiger charge is 2.32. The highest BCUT2D eigenvalue weighted by atomic mass is 35.5. The molecule has 1 aromatic carbocycles. The number of para-hydroxylation sites is 1. The summed E-state index contributed by atoms with van der Waals surface area (Å²) in [5.41, 5.74) is -0.404. The van der Waals surface area contributed by atoms with Crippen molar-refractivity contribution in [3.05, 3.63) is 63.3 Å². The molecule has 1 N–H and O–H groups in total. The van der Waals surface area contributed by atoms with E-state index in [2.05, 4.69) is 19.9 Å². The van der Waals surface area contributed by atoms with Crippen molar-refractivity contribution in [1.82, 2.24) is 19.9 Å². The van der Waals surface area contributed by atoms with Gasteiger partial charge in [0.1, 0.15) is 11.6 Å². The van der Waals surface area contributed by atoms with Crippen LogP contribution in [0, 0.1) is 0 Å². The Balaban J connectivity index is 1.48. The number of halogens is 4. The Hall–Kier alpha value is -2.65. The minimum atomic E-state index is -4.48. The predicted molar refractivity (Wildman–Crippen MR) is 109 cm³/mol. The number of benzene rings is 1. The fourth-order valence-corrected chi connectivity index (χ4v) is 3.90. The summed E-state index contributed by atoms with van der Waals surface area (Å²) < 4.78 is 38.5. The lowest BCUT2D eigenvalue weighted by Gasteiger charge is -2.38. The van der Waals surface area contributed by atoms with Crippen molar-refractivity contribution in [3.63, 3.8) is 0 Å². The van der Waals surface area contributed by atoms with E-state index in [1.165, 1.54) is 0 Å². The lowest BCUT2D eigenvalue weighted by Crippen LogP contribution is -2.48. The molecule has 158 valence electrons. The summed E-state index contributed by atoms with van der Waals surface area (Å²) in [6.07, 6.45) is -3.67. The highest BCUT2D eigenvalue weighted by molar-refractivity contribution is 6.33. The van der Waals surface area contributed by atoms with Gasteiger partial charge in [0.2, 0.25) is 0 Å². The zero-order chi connectivity index (χ0) is 21.5. The third-order valence-corrected chi connectivity index (χ3v) is 5.62. The molecule has 6 nitrogen and oxygen atoms in total. The van der Waals surface area contributed by atoms with Crippen LogP contribution >= 0.6 is 11.6 Å². The Morgan fingerprint density at radius 2 is 1.87 bits per heavy atom. The molecule has 1 aliphatic heterocycles. The van der Waals surface area contributed by atoms with Gasteiger partial charge in [-0.25, -0.2) is 9.97 Å². The van der Waals surface area contributed by atoms with Crippen LogP contribution in [0.1, 0.15) is 24.4 Å². The van der Waals surface area contributed by atoms with E-state index in [9.17, 15) is 18.0 Å². The van der Waals surface area contributed by atoms with Gasteiger partial charge in [-0.05, 0) is 25.1 Å². The molecule has 10 heteroatoms. The average molecular weight is 438 g/mol. The zero-order valence-electron chi connectivity index (χ0n) is 16.1. The van der Waals surface area contributed by atoms with Crippen LogP contribution in [0.5, 0.6) is 0 Å². The molecule has 0 aliphatic carbocycles. The molecule has 3 heterocycles. The first-order chi connectivity index (χ1) is 14.2. The monoisotopic (exact) mass is 437 g/mol. The summed E-state index contributed by atoms with van der Waals surface area (Å²) in [5.74, 6) is 0.923. The van der Waals surface area contributed by atoms with E-state index in [1.54, 1.807) is 18.2 Å². The number of fused-ring (bicyclic) bond motifs is 1. The molecule has 1 atom stereocenters. The maximum atomic E-state index is 12.8. The van der Waals surface area contributed by atoms with E-state index >= 15 is 0 Å². The van der Waals surface area contributed by atoms with Gasteiger partial charge >= 0.3 is 6.18 Å². The molecule has 0 saturated carbocycles. The number of rotatable bonds is 3. The smallest absolute Gasteiger partial charge is 0.353 e. The molecule has 2 aromatic heterocycles. The fourth-order valence-electron chi connectivity index (χ4n) is 3.61. The Morgan fingerprint density at radius 1 is 1.17 bits per heavy atom. The second-order valence-electron chi connectivity index (χ2n) is 7.19. The van der Waals surface area contributed by atoms with Crippen molar-refractivity contribution in [1.29, 1.82) is 0 Å². The minimum Gasteiger partial charge on any atom is -0.353 e. The van der Waals surface area contributed by atoms with Gasteiger partial charge in [-0.15, -0.1) is 0 Å². The standard InChI is InChI=1S/C20H19ClF3N5O/c1-12(17-26-16-5-3-2-4-14(16)19(30)27-17)28-6-8-29(9-7-28)18-15(21)10-13(11-25-18)20(22,23)24/h2-5,10-12H,6-9H2,1H3,(H,26,27,30). The van der Waals surface area contributed by atoms with Gasteiger partial charge < -0.3 is 9.88 Å². The van der Waals surface area contributed by atoms with Crippen molar-refractivity contribution < 1.29 is 13.2 Å². The second-order valence-corrected chi connectivity index (χ2v) is 7.60. The van der Waals surface area contributed by atoms with Crippen LogP contribution in [0.15, 0.2) is 41.3 Å². The number of aromatic nitrogens is 3. The largest absolute Gasteiger partial charge is 0.417 e. The van der Waals surface area contributed by atoms with Crippen LogP contribution in [0.25, 0.3) is 10.9 Å². The Kier molecular flexibility index (Phi) is 5.42. The maximum absolute atomic E-state index is 12.8. The van der Waals surface area contributed by atoms with Crippen molar-refractivity contribution in [3.8, 4) is 0 Å². The van der Waals surface area contributed by atoms with Crippen LogP contribution in [0.2, 0.25) is 5.02 Å². The molecule has 30 heavy (non-hydrogen) atoms. The Morgan fingerprint density at radius 3 is 2.53 bits per heavy atom. The molecule has 0 bridgehead atoms. The van der Waals surface area contributed by atoms with Crippen LogP contribution < -0.4 is 10.5 Å². The number of H-pyrrole nitrogens is 1. The summed E-state index contributed by atoms with van der Waals surface area (Å²) in [5, 5.41) is 0.521. The molecule has 1 saturated heterocycles. The van der Waals surface area contributed by atoms with Crippen LogP contribution in [-0.4, -0.2) is 46.0 Å². The Labute approximate surface area is 175 Å². The first-order valence-corrected chi connectivity index (χ1v) is 9.82. The number of piperazine rings is 1. The summed E-state index contributed by atoms with van der Waals surface area (Å²) in [4.78, 5) is 27.7. The van der Waals surface area contributed by atoms with E-state index in [0.29, 0.717) is 48.7 Å². The van der Waals surface area contributed by atoms with Gasteiger partial charge in [-0.3, -0.25) is 9.69 Å². The normalized spacial score (nSPS) is 16.8. The van der Waals surface area contributed by atoms with Crippen molar-refractivity contribution in [2.24, 2.45) is 0 Å². The SMILES string of the molecule is CC(c1nc2ccccc2c(=O)[nH]1)N1CCN(c2ncc(C(F)(F)F)cc2Cl)CC1. The summed E-state index contributed by atoms with van der Waals surface area (Å²) >= 11 is 6.07. The van der Waals surface area contributed by atoms with E-state index in [1.807, 2.05) is 17.9 Å². The van der Waals surface area contributed by atoms with Crippen molar-refractivity contribution in [2.75, 3.05) is 31.1 Å². The molecule has 3 aromatic rings. The van der Waals surface area contributed by atoms with Crippen molar-refractivity contribution >= 4 is 28.3 Å². The molecule has 1 aliphatic rings. The van der Waals surface area contributed by atoms with Crippen LogP contribution in [0.4, 0.5) is 19.0 Å². The molecule has 1 unspecified atom stereocenters. The van der Waals surface area contributed by atoms with Crippen LogP contribution in [0.3, 0.4) is 0 Å². The summed E-state index contributed by atoms with van der Waals surface area (Å²) in [6.45, 7) is 4.29. The van der Waals surface area contributed by atoms with Crippen LogP contribution in [-0.2, 0) is 6.18 Å². The van der Waals surface area contributed by atoms with Gasteiger partial charge in [0.05, 0.1) is 27.5 Å². The maximum Gasteiger partial charge on any atom is 0.417 e. The number of hydrogen-bond acceptors (Lipinski definition) is 5. The van der Waals surface area contributed by atoms with Gasteiger partial charge in [-0.2, -0.15) is 13.2 Å². The second kappa shape index (κ2) is 7.88. The molecule has 0 amide bonds. The van der Waals surface area contributed by atoms with E-state index in [-0.39, 0.29) is 16.6 Å². The zero-order valence-corrected chi connectivity index (χ0v) is 16.8. The first-order valence-electron chi connectivity index (χ1n) is 9.45. The van der Waals surface area contributed by atoms with E-state index < -0.39 is 11.7 Å². The predicted octanol–water partition coefficient (Wildman–Crippen LogP) is 3.87. The highest BCUT2D eigenvalue weighted by Crippen LogP contribution is 2.34. The molecular weight excluding hydrogens is 419 g/mol. The molecule has 0 radical (unpaired) electrons. The van der Waals surface area contributed by atoms with E-state index in [4.69, 9.17) is 11.6 Å². The van der Waals surface area contributed by atoms with Crippen molar-refractivity contribution in [2.45, 2.75) is 19.1 Å². The molecule has 0 spiro atoms. The topological polar surface area (TPSA) is 65.1 Å². The van der Waals surface area contributed by atoms with Gasteiger partial charge in [0, 0.05) is 32.4 Å². The molecular formula is C20H19ClF3N5O. The third-order valence-electron chi connectivity index (χ3n) is 5.34. The number of nitrogens with zero attached hydrogens (tertiary/aromatic N) is 4. The quantitative estimate of drug-likeness (QED) is 0.673. The van der Waals surface area contributed by atoms with Gasteiger partial charge in [-0.1, -0.05) is 23.7 Å². The van der Waals surface area contributed by atoms with Gasteiger partial charge in [0.15, 0.2) is 0 Å². The lowest BCUT2D eigenvalue weighted by molar-refractivity contribution is -0.137. The number of aromatic amines is 1. The lowest BCUT2D eigenvalue weighted by atomic mass is 10.2. The average Bonchev–Trinajstić information content (AvgIpc) is 2.72. The molecule has 1 fully saturated rings. The van der Waals surface area contributed by atoms with Gasteiger partial charge in [0.25, 0.3) is 5.56 Å². The number of nitrogens with one attached hydrogen (secondary N) is 1.